The van der Waals surface area contributed by atoms with E-state index in [1.807, 2.05) is 41.0 Å². The van der Waals surface area contributed by atoms with Gasteiger partial charge >= 0.3 is 0 Å². The molecule has 8 heteroatoms. The number of anilines is 2. The predicted octanol–water partition coefficient (Wildman–Crippen LogP) is 2.50. The Balaban J connectivity index is 1.70. The monoisotopic (exact) mass is 441 g/mol. The Morgan fingerprint density at radius 3 is 2.69 bits per heavy atom. The lowest BCUT2D eigenvalue weighted by Gasteiger charge is -2.28. The molecule has 0 aliphatic carbocycles. The molecule has 1 aromatic carbocycles. The van der Waals surface area contributed by atoms with Crippen molar-refractivity contribution in [2.75, 3.05) is 43.5 Å². The fourth-order valence-electron chi connectivity index (χ4n) is 3.85. The van der Waals surface area contributed by atoms with Crippen molar-refractivity contribution in [1.82, 2.24) is 14.9 Å². The number of nitrogen functional groups attached to an aromatic ring is 1. The molecule has 1 saturated heterocycles. The summed E-state index contributed by atoms with van der Waals surface area (Å²) in [7, 11) is 0. The van der Waals surface area contributed by atoms with Gasteiger partial charge in [0.25, 0.3) is 5.56 Å². The van der Waals surface area contributed by atoms with Gasteiger partial charge in [-0.2, -0.15) is 0 Å². The Bertz CT molecular complexity index is 968. The average molecular weight is 442 g/mol. The van der Waals surface area contributed by atoms with E-state index in [2.05, 4.69) is 23.8 Å². The summed E-state index contributed by atoms with van der Waals surface area (Å²) in [5.74, 6) is 0.969. The van der Waals surface area contributed by atoms with Crippen molar-refractivity contribution in [2.24, 2.45) is 5.92 Å². The highest BCUT2D eigenvalue weighted by atomic mass is 16.5. The summed E-state index contributed by atoms with van der Waals surface area (Å²) in [4.78, 5) is 37.3. The molecule has 1 atom stereocenters. The van der Waals surface area contributed by atoms with Gasteiger partial charge in [-0.25, -0.2) is 4.98 Å². The van der Waals surface area contributed by atoms with E-state index >= 15 is 0 Å². The molecular weight excluding hydrogens is 406 g/mol. The summed E-state index contributed by atoms with van der Waals surface area (Å²) >= 11 is 0. The maximum Gasteiger partial charge on any atom is 0.255 e. The van der Waals surface area contributed by atoms with Gasteiger partial charge < -0.3 is 20.3 Å². The van der Waals surface area contributed by atoms with E-state index in [-0.39, 0.29) is 17.9 Å². The van der Waals surface area contributed by atoms with Gasteiger partial charge in [0, 0.05) is 49.5 Å². The van der Waals surface area contributed by atoms with Crippen molar-refractivity contribution in [3.63, 3.8) is 0 Å². The van der Waals surface area contributed by atoms with Gasteiger partial charge in [0.1, 0.15) is 0 Å². The van der Waals surface area contributed by atoms with E-state index in [1.54, 1.807) is 0 Å². The number of aryl methyl sites for hydroxylation is 1. The van der Waals surface area contributed by atoms with E-state index in [1.165, 1.54) is 0 Å². The number of hydrogen-bond donors (Lipinski definition) is 2. The van der Waals surface area contributed by atoms with Crippen molar-refractivity contribution in [3.05, 3.63) is 51.4 Å². The quantitative estimate of drug-likeness (QED) is 0.580. The average Bonchev–Trinajstić information content (AvgIpc) is 2.79. The second-order valence-electron chi connectivity index (χ2n) is 8.54. The predicted molar refractivity (Wildman–Crippen MR) is 127 cm³/mol. The minimum absolute atomic E-state index is 0.0182. The fourth-order valence-corrected chi connectivity index (χ4v) is 3.85. The minimum Gasteiger partial charge on any atom is -0.398 e. The first-order valence-corrected chi connectivity index (χ1v) is 11.4. The first kappa shape index (κ1) is 23.8. The van der Waals surface area contributed by atoms with Gasteiger partial charge in [-0.15, -0.1) is 0 Å². The highest BCUT2D eigenvalue weighted by Gasteiger charge is 2.20. The molecule has 1 amide bonds. The number of rotatable bonds is 9. The molecule has 0 spiro atoms. The van der Waals surface area contributed by atoms with E-state index in [0.717, 1.165) is 12.0 Å². The molecule has 2 aromatic rings. The van der Waals surface area contributed by atoms with Crippen LogP contribution in [0.25, 0.3) is 0 Å². The van der Waals surface area contributed by atoms with Gasteiger partial charge in [0.2, 0.25) is 11.9 Å². The molecule has 3 rings (SSSR count). The first-order chi connectivity index (χ1) is 15.4. The van der Waals surface area contributed by atoms with Crippen molar-refractivity contribution in [2.45, 2.75) is 46.6 Å². The standard InChI is InChI=1S/C24H35N5O3/c1-4-17(2)15-29(16-19-7-5-6-8-21(19)25)22(30)10-9-20-18(3)26-24(27-23(20)31)28-11-13-32-14-12-28/h5-8,17H,4,9-16,25H2,1-3H3,(H,26,27,31). The number of nitrogens with two attached hydrogens (primary N) is 1. The lowest BCUT2D eigenvalue weighted by Crippen LogP contribution is -2.39. The van der Waals surface area contributed by atoms with Crippen molar-refractivity contribution in [1.29, 1.82) is 0 Å². The second kappa shape index (κ2) is 11.1. The third-order valence-electron chi connectivity index (χ3n) is 6.11. The lowest BCUT2D eigenvalue weighted by atomic mass is 10.1. The number of H-pyrrole nitrogens is 1. The molecule has 0 radical (unpaired) electrons. The molecule has 1 aliphatic heterocycles. The molecule has 32 heavy (non-hydrogen) atoms. The van der Waals surface area contributed by atoms with Crippen LogP contribution >= 0.6 is 0 Å². The van der Waals surface area contributed by atoms with Crippen molar-refractivity contribution >= 4 is 17.5 Å². The van der Waals surface area contributed by atoms with Crippen LogP contribution in [0.2, 0.25) is 0 Å². The minimum atomic E-state index is -0.174. The summed E-state index contributed by atoms with van der Waals surface area (Å²) in [5.41, 5.74) is 8.80. The largest absolute Gasteiger partial charge is 0.398 e. The molecule has 3 N–H and O–H groups in total. The third kappa shape index (κ3) is 6.09. The number of benzene rings is 1. The molecule has 8 nitrogen and oxygen atoms in total. The maximum absolute atomic E-state index is 13.2. The molecule has 1 aromatic heterocycles. The Morgan fingerprint density at radius 2 is 2.03 bits per heavy atom. The van der Waals surface area contributed by atoms with Crippen LogP contribution in [-0.2, 0) is 22.5 Å². The lowest BCUT2D eigenvalue weighted by molar-refractivity contribution is -0.132. The number of ether oxygens (including phenoxy) is 1. The van der Waals surface area contributed by atoms with Crippen molar-refractivity contribution < 1.29 is 9.53 Å². The van der Waals surface area contributed by atoms with E-state index < -0.39 is 0 Å². The van der Waals surface area contributed by atoms with E-state index in [4.69, 9.17) is 10.5 Å². The number of nitrogens with zero attached hydrogens (tertiary/aromatic N) is 3. The first-order valence-electron chi connectivity index (χ1n) is 11.4. The van der Waals surface area contributed by atoms with E-state index in [0.29, 0.717) is 74.6 Å². The molecule has 1 fully saturated rings. The zero-order chi connectivity index (χ0) is 23.1. The Morgan fingerprint density at radius 1 is 1.31 bits per heavy atom. The maximum atomic E-state index is 13.2. The fraction of sp³-hybridized carbons (Fsp3) is 0.542. The SMILES string of the molecule is CCC(C)CN(Cc1ccccc1N)C(=O)CCc1c(C)nc(N2CCOCC2)[nH]c1=O. The number of nitrogens with one attached hydrogen (secondary N) is 1. The molecular formula is C24H35N5O3. The number of aromatic nitrogens is 2. The Hall–Kier alpha value is -2.87. The summed E-state index contributed by atoms with van der Waals surface area (Å²) in [6.45, 7) is 9.87. The topological polar surface area (TPSA) is 105 Å². The highest BCUT2D eigenvalue weighted by molar-refractivity contribution is 5.76. The zero-order valence-corrected chi connectivity index (χ0v) is 19.4. The van der Waals surface area contributed by atoms with Crippen LogP contribution in [0.1, 0.15) is 43.5 Å². The molecule has 1 aliphatic rings. The van der Waals surface area contributed by atoms with Crippen LogP contribution in [-0.4, -0.2) is 53.6 Å². The number of carbonyl (C=O) groups is 1. The number of hydrogen-bond acceptors (Lipinski definition) is 6. The Labute approximate surface area is 189 Å². The number of amides is 1. The highest BCUT2D eigenvalue weighted by Crippen LogP contribution is 2.17. The van der Waals surface area contributed by atoms with Gasteiger partial charge in [-0.05, 0) is 30.9 Å². The van der Waals surface area contributed by atoms with Crippen LogP contribution in [0.3, 0.4) is 0 Å². The molecule has 174 valence electrons. The Kier molecular flexibility index (Phi) is 8.27. The van der Waals surface area contributed by atoms with Crippen LogP contribution in [0.15, 0.2) is 29.1 Å². The van der Waals surface area contributed by atoms with Gasteiger partial charge in [0.05, 0.1) is 13.2 Å². The summed E-state index contributed by atoms with van der Waals surface area (Å²) in [6.07, 6.45) is 1.60. The normalized spacial score (nSPS) is 14.9. The summed E-state index contributed by atoms with van der Waals surface area (Å²) < 4.78 is 5.37. The number of para-hydroxylation sites is 1. The summed E-state index contributed by atoms with van der Waals surface area (Å²) in [5, 5.41) is 0. The van der Waals surface area contributed by atoms with Crippen LogP contribution in [0.4, 0.5) is 11.6 Å². The second-order valence-corrected chi connectivity index (χ2v) is 8.54. The molecule has 0 saturated carbocycles. The smallest absolute Gasteiger partial charge is 0.255 e. The van der Waals surface area contributed by atoms with Gasteiger partial charge in [-0.1, -0.05) is 38.5 Å². The van der Waals surface area contributed by atoms with E-state index in [9.17, 15) is 9.59 Å². The number of morpholine rings is 1. The van der Waals surface area contributed by atoms with Gasteiger partial charge in [0.15, 0.2) is 0 Å². The van der Waals surface area contributed by atoms with Crippen molar-refractivity contribution in [3.8, 4) is 0 Å². The number of aromatic amines is 1. The van der Waals surface area contributed by atoms with Crippen LogP contribution < -0.4 is 16.2 Å². The van der Waals surface area contributed by atoms with Crippen LogP contribution in [0, 0.1) is 12.8 Å². The molecule has 0 bridgehead atoms. The number of carbonyl (C=O) groups excluding carboxylic acids is 1. The third-order valence-corrected chi connectivity index (χ3v) is 6.11. The molecule has 1 unspecified atom stereocenters. The molecule has 2 heterocycles. The summed E-state index contributed by atoms with van der Waals surface area (Å²) in [6, 6.07) is 7.63. The van der Waals surface area contributed by atoms with Gasteiger partial charge in [-0.3, -0.25) is 14.6 Å². The van der Waals surface area contributed by atoms with Crippen LogP contribution in [0.5, 0.6) is 0 Å². The zero-order valence-electron chi connectivity index (χ0n) is 19.4.